The predicted molar refractivity (Wildman–Crippen MR) is 79.3 cm³/mol. The number of aromatic amines is 1. The molecule has 4 rings (SSSR count). The summed E-state index contributed by atoms with van der Waals surface area (Å²) < 4.78 is 13.5. The molecule has 2 nitrogen and oxygen atoms in total. The minimum atomic E-state index is -0.132. The zero-order chi connectivity index (χ0) is 13.5. The Labute approximate surface area is 118 Å². The van der Waals surface area contributed by atoms with E-state index >= 15 is 0 Å². The second kappa shape index (κ2) is 4.88. The topological polar surface area (TPSA) is 27.8 Å². The van der Waals surface area contributed by atoms with Gasteiger partial charge in [-0.2, -0.15) is 0 Å². The Morgan fingerprint density at radius 2 is 1.95 bits per heavy atom. The third-order valence-corrected chi connectivity index (χ3v) is 5.07. The predicted octanol–water partition coefficient (Wildman–Crippen LogP) is 4.07. The molecule has 2 N–H and O–H groups in total. The van der Waals surface area contributed by atoms with Crippen LogP contribution in [0.5, 0.6) is 0 Å². The van der Waals surface area contributed by atoms with Crippen molar-refractivity contribution in [2.75, 3.05) is 6.54 Å². The highest BCUT2D eigenvalue weighted by Gasteiger charge is 2.31. The maximum Gasteiger partial charge on any atom is 0.123 e. The molecule has 1 saturated carbocycles. The summed E-state index contributed by atoms with van der Waals surface area (Å²) >= 11 is 0. The number of H-pyrrole nitrogens is 1. The summed E-state index contributed by atoms with van der Waals surface area (Å²) in [6.45, 7) is 1.01. The minimum absolute atomic E-state index is 0.132. The van der Waals surface area contributed by atoms with Crippen LogP contribution in [0.3, 0.4) is 0 Å². The minimum Gasteiger partial charge on any atom is -0.357 e. The van der Waals surface area contributed by atoms with Gasteiger partial charge in [0.2, 0.25) is 0 Å². The number of nitrogens with one attached hydrogen (secondary N) is 2. The largest absolute Gasteiger partial charge is 0.357 e. The number of benzene rings is 1. The Hall–Kier alpha value is -1.35. The number of halogens is 1. The quantitative estimate of drug-likeness (QED) is 0.804. The van der Waals surface area contributed by atoms with E-state index in [0.717, 1.165) is 29.8 Å². The van der Waals surface area contributed by atoms with Crippen molar-refractivity contribution in [2.24, 2.45) is 5.92 Å². The number of hydrogen-bond acceptors (Lipinski definition) is 1. The van der Waals surface area contributed by atoms with Gasteiger partial charge >= 0.3 is 0 Å². The van der Waals surface area contributed by atoms with Crippen LogP contribution in [0.4, 0.5) is 4.39 Å². The zero-order valence-electron chi connectivity index (χ0n) is 11.7. The van der Waals surface area contributed by atoms with Gasteiger partial charge in [-0.3, -0.25) is 0 Å². The number of rotatable bonds is 1. The molecule has 0 amide bonds. The van der Waals surface area contributed by atoms with E-state index in [2.05, 4.69) is 10.3 Å². The third kappa shape index (κ3) is 1.96. The monoisotopic (exact) mass is 272 g/mol. The van der Waals surface area contributed by atoms with Crippen LogP contribution in [0.25, 0.3) is 10.9 Å². The molecule has 1 fully saturated rings. The van der Waals surface area contributed by atoms with E-state index in [1.807, 2.05) is 6.07 Å². The van der Waals surface area contributed by atoms with Gasteiger partial charge in [-0.25, -0.2) is 4.39 Å². The van der Waals surface area contributed by atoms with E-state index in [-0.39, 0.29) is 5.82 Å². The van der Waals surface area contributed by atoms with Crippen molar-refractivity contribution in [3.05, 3.63) is 35.3 Å². The normalized spacial score (nSPS) is 23.9. The first-order chi connectivity index (χ1) is 9.83. The van der Waals surface area contributed by atoms with Crippen molar-refractivity contribution < 1.29 is 4.39 Å². The Bertz CT molecular complexity index is 625. The van der Waals surface area contributed by atoms with Crippen LogP contribution < -0.4 is 5.32 Å². The summed E-state index contributed by atoms with van der Waals surface area (Å²) in [5, 5.41) is 4.78. The fourth-order valence-corrected chi connectivity index (χ4v) is 4.10. The molecular weight excluding hydrogens is 251 g/mol. The lowest BCUT2D eigenvalue weighted by Crippen LogP contribution is -2.35. The van der Waals surface area contributed by atoms with Gasteiger partial charge in [-0.05, 0) is 55.5 Å². The maximum absolute atomic E-state index is 13.5. The first-order valence-corrected chi connectivity index (χ1v) is 7.86. The second-order valence-corrected chi connectivity index (χ2v) is 6.29. The Kier molecular flexibility index (Phi) is 3.03. The van der Waals surface area contributed by atoms with Gasteiger partial charge in [0.1, 0.15) is 5.82 Å². The molecule has 2 aromatic rings. The smallest absolute Gasteiger partial charge is 0.123 e. The number of aromatic nitrogens is 1. The van der Waals surface area contributed by atoms with Crippen LogP contribution in [0.15, 0.2) is 18.2 Å². The molecule has 1 aliphatic heterocycles. The molecule has 0 radical (unpaired) electrons. The van der Waals surface area contributed by atoms with Crippen LogP contribution in [-0.2, 0) is 6.42 Å². The molecule has 2 aliphatic rings. The highest BCUT2D eigenvalue weighted by atomic mass is 19.1. The molecule has 1 atom stereocenters. The van der Waals surface area contributed by atoms with E-state index in [4.69, 9.17) is 0 Å². The van der Waals surface area contributed by atoms with E-state index < -0.39 is 0 Å². The standard InChI is InChI=1S/C17H21FN2/c18-12-6-7-15-14(10-12)13-8-9-19-16(17(13)20-15)11-4-2-1-3-5-11/h6-7,10-11,16,19-20H,1-5,8-9H2. The fraction of sp³-hybridized carbons (Fsp3) is 0.529. The lowest BCUT2D eigenvalue weighted by molar-refractivity contribution is 0.262. The first-order valence-electron chi connectivity index (χ1n) is 7.86. The lowest BCUT2D eigenvalue weighted by atomic mass is 9.80. The van der Waals surface area contributed by atoms with Crippen LogP contribution in [0, 0.1) is 11.7 Å². The molecule has 0 spiro atoms. The van der Waals surface area contributed by atoms with Crippen molar-refractivity contribution in [1.82, 2.24) is 10.3 Å². The van der Waals surface area contributed by atoms with Gasteiger partial charge in [-0.1, -0.05) is 19.3 Å². The second-order valence-electron chi connectivity index (χ2n) is 6.29. The maximum atomic E-state index is 13.5. The van der Waals surface area contributed by atoms with Gasteiger partial charge < -0.3 is 10.3 Å². The average Bonchev–Trinajstić information content (AvgIpc) is 2.86. The molecule has 20 heavy (non-hydrogen) atoms. The molecule has 1 aromatic heterocycles. The molecule has 1 unspecified atom stereocenters. The van der Waals surface area contributed by atoms with Crippen molar-refractivity contribution in [2.45, 2.75) is 44.6 Å². The van der Waals surface area contributed by atoms with Crippen molar-refractivity contribution in [3.63, 3.8) is 0 Å². The van der Waals surface area contributed by atoms with Gasteiger partial charge in [0, 0.05) is 16.6 Å². The SMILES string of the molecule is Fc1ccc2[nH]c3c(c2c1)CCNC3C1CCCCC1. The number of fused-ring (bicyclic) bond motifs is 3. The van der Waals surface area contributed by atoms with Crippen molar-refractivity contribution in [1.29, 1.82) is 0 Å². The van der Waals surface area contributed by atoms with Gasteiger partial charge in [0.25, 0.3) is 0 Å². The summed E-state index contributed by atoms with van der Waals surface area (Å²) in [4.78, 5) is 3.56. The number of hydrogen-bond donors (Lipinski definition) is 2. The van der Waals surface area contributed by atoms with Crippen LogP contribution >= 0.6 is 0 Å². The molecular formula is C17H21FN2. The van der Waals surface area contributed by atoms with E-state index in [9.17, 15) is 4.39 Å². The third-order valence-electron chi connectivity index (χ3n) is 5.07. The molecule has 0 bridgehead atoms. The molecule has 0 saturated heterocycles. The highest BCUT2D eigenvalue weighted by molar-refractivity contribution is 5.85. The highest BCUT2D eigenvalue weighted by Crippen LogP contribution is 2.39. The average molecular weight is 272 g/mol. The van der Waals surface area contributed by atoms with Crippen molar-refractivity contribution in [3.8, 4) is 0 Å². The summed E-state index contributed by atoms with van der Waals surface area (Å²) in [5.41, 5.74) is 3.75. The van der Waals surface area contributed by atoms with Crippen molar-refractivity contribution >= 4 is 10.9 Å². The Balaban J connectivity index is 1.78. The van der Waals surface area contributed by atoms with E-state index in [1.165, 1.54) is 43.4 Å². The van der Waals surface area contributed by atoms with Gasteiger partial charge in [0.05, 0.1) is 6.04 Å². The zero-order valence-corrected chi connectivity index (χ0v) is 11.7. The van der Waals surface area contributed by atoms with E-state index in [0.29, 0.717) is 6.04 Å². The summed E-state index contributed by atoms with van der Waals surface area (Å²) in [7, 11) is 0. The molecule has 2 heterocycles. The molecule has 106 valence electrons. The summed E-state index contributed by atoms with van der Waals surface area (Å²) in [6.07, 6.45) is 7.73. The van der Waals surface area contributed by atoms with Gasteiger partial charge in [0.15, 0.2) is 0 Å². The van der Waals surface area contributed by atoms with E-state index in [1.54, 1.807) is 12.1 Å². The molecule has 1 aliphatic carbocycles. The van der Waals surface area contributed by atoms with Gasteiger partial charge in [-0.15, -0.1) is 0 Å². The summed E-state index contributed by atoms with van der Waals surface area (Å²) in [5.74, 6) is 0.604. The van der Waals surface area contributed by atoms with Crippen LogP contribution in [0.2, 0.25) is 0 Å². The Morgan fingerprint density at radius 3 is 2.80 bits per heavy atom. The first kappa shape index (κ1) is 12.4. The summed E-state index contributed by atoms with van der Waals surface area (Å²) in [6, 6.07) is 5.55. The van der Waals surface area contributed by atoms with Crippen LogP contribution in [-0.4, -0.2) is 11.5 Å². The lowest BCUT2D eigenvalue weighted by Gasteiger charge is -2.34. The molecule has 3 heteroatoms. The fourth-order valence-electron chi connectivity index (χ4n) is 4.10. The van der Waals surface area contributed by atoms with Crippen LogP contribution in [0.1, 0.15) is 49.4 Å². The molecule has 1 aromatic carbocycles. The Morgan fingerprint density at radius 1 is 1.10 bits per heavy atom.